The van der Waals surface area contributed by atoms with Gasteiger partial charge in [-0.15, -0.1) is 0 Å². The predicted octanol–water partition coefficient (Wildman–Crippen LogP) is 1.75. The topological polar surface area (TPSA) is 30.7 Å². The minimum Gasteiger partial charge on any atom is -0.313 e. The van der Waals surface area contributed by atoms with E-state index in [2.05, 4.69) is 13.9 Å². The Balaban J connectivity index is 2.76. The van der Waals surface area contributed by atoms with Crippen molar-refractivity contribution in [3.05, 3.63) is 6.20 Å². The lowest BCUT2D eigenvalue weighted by molar-refractivity contribution is 0.820. The zero-order valence-electron chi connectivity index (χ0n) is 6.24. The molecule has 0 saturated heterocycles. The molecule has 3 nitrogen and oxygen atoms in total. The number of hydrogen-bond donors (Lipinski definition) is 0. The molecule has 0 aromatic carbocycles. The normalized spacial score (nSPS) is 11.1. The number of nitrogens with zero attached hydrogens (tertiary/aromatic N) is 3. The molecule has 0 N–H and O–H groups in total. The van der Waals surface area contributed by atoms with E-state index < -0.39 is 0 Å². The third-order valence-electron chi connectivity index (χ3n) is 1.52. The van der Waals surface area contributed by atoms with Gasteiger partial charge in [-0.1, -0.05) is 11.8 Å². The summed E-state index contributed by atoms with van der Waals surface area (Å²) in [4.78, 5) is 5.51. The lowest BCUT2D eigenvalue weighted by Gasteiger charge is -1.93. The first-order chi connectivity index (χ1) is 5.33. The van der Waals surface area contributed by atoms with Crippen molar-refractivity contribution < 1.29 is 0 Å². The summed E-state index contributed by atoms with van der Waals surface area (Å²) in [5.41, 5.74) is 1.00. The van der Waals surface area contributed by atoms with Crippen LogP contribution in [0.25, 0.3) is 10.3 Å². The van der Waals surface area contributed by atoms with Crippen LogP contribution >= 0.6 is 23.3 Å². The summed E-state index contributed by atoms with van der Waals surface area (Å²) in [6.45, 7) is 0. The van der Waals surface area contributed by atoms with Gasteiger partial charge < -0.3 is 4.57 Å². The Morgan fingerprint density at radius 1 is 1.64 bits per heavy atom. The monoisotopic (exact) mass is 185 g/mol. The van der Waals surface area contributed by atoms with E-state index in [1.54, 1.807) is 18.0 Å². The van der Waals surface area contributed by atoms with Crippen LogP contribution in [-0.2, 0) is 7.05 Å². The molecule has 2 heterocycles. The predicted molar refractivity (Wildman–Crippen MR) is 48.2 cm³/mol. The number of rotatable bonds is 1. The van der Waals surface area contributed by atoms with Crippen LogP contribution in [0.4, 0.5) is 0 Å². The molecule has 0 aliphatic heterocycles. The summed E-state index contributed by atoms with van der Waals surface area (Å²) in [5, 5.41) is 1.05. The smallest absolute Gasteiger partial charge is 0.169 e. The van der Waals surface area contributed by atoms with Crippen LogP contribution in [0, 0.1) is 0 Å². The Bertz CT molecular complexity index is 376. The minimum absolute atomic E-state index is 1.00. The van der Waals surface area contributed by atoms with Gasteiger partial charge in [-0.25, -0.2) is 4.98 Å². The lowest BCUT2D eigenvalue weighted by atomic mass is 10.6. The number of hydrogen-bond acceptors (Lipinski definition) is 4. The SMILES string of the molecule is CSc1nc2cnsc2n1C. The van der Waals surface area contributed by atoms with Crippen molar-refractivity contribution in [2.75, 3.05) is 6.26 Å². The molecule has 0 spiro atoms. The zero-order valence-corrected chi connectivity index (χ0v) is 7.87. The summed E-state index contributed by atoms with van der Waals surface area (Å²) >= 11 is 3.14. The molecule has 0 saturated carbocycles. The van der Waals surface area contributed by atoms with Gasteiger partial charge in [-0.3, -0.25) is 0 Å². The van der Waals surface area contributed by atoms with E-state index in [9.17, 15) is 0 Å². The van der Waals surface area contributed by atoms with Crippen molar-refractivity contribution in [3.63, 3.8) is 0 Å². The third-order valence-corrected chi connectivity index (χ3v) is 3.12. The van der Waals surface area contributed by atoms with Crippen molar-refractivity contribution in [1.29, 1.82) is 0 Å². The molecule has 0 amide bonds. The van der Waals surface area contributed by atoms with Crippen LogP contribution in [0.3, 0.4) is 0 Å². The van der Waals surface area contributed by atoms with Gasteiger partial charge in [0.05, 0.1) is 6.20 Å². The van der Waals surface area contributed by atoms with E-state index in [0.29, 0.717) is 0 Å². The maximum absolute atomic E-state index is 4.36. The number of imidazole rings is 1. The van der Waals surface area contributed by atoms with E-state index in [4.69, 9.17) is 0 Å². The summed E-state index contributed by atoms with van der Waals surface area (Å²) in [6, 6.07) is 0. The fourth-order valence-corrected chi connectivity index (χ4v) is 2.25. The maximum atomic E-state index is 4.36. The highest BCUT2D eigenvalue weighted by atomic mass is 32.2. The molecule has 2 aromatic heterocycles. The molecule has 2 rings (SSSR count). The van der Waals surface area contributed by atoms with Crippen molar-refractivity contribution in [3.8, 4) is 0 Å². The molecule has 0 fully saturated rings. The van der Waals surface area contributed by atoms with Crippen molar-refractivity contribution >= 4 is 33.6 Å². The van der Waals surface area contributed by atoms with Crippen LogP contribution in [-0.4, -0.2) is 20.2 Å². The van der Waals surface area contributed by atoms with E-state index >= 15 is 0 Å². The first-order valence-electron chi connectivity index (χ1n) is 3.14. The van der Waals surface area contributed by atoms with Gasteiger partial charge in [0.2, 0.25) is 0 Å². The molecular formula is C6H7N3S2. The van der Waals surface area contributed by atoms with Gasteiger partial charge in [0.15, 0.2) is 5.16 Å². The molecule has 2 aromatic rings. The lowest BCUT2D eigenvalue weighted by Crippen LogP contribution is -1.87. The van der Waals surface area contributed by atoms with E-state index in [1.165, 1.54) is 11.5 Å². The first-order valence-corrected chi connectivity index (χ1v) is 5.14. The van der Waals surface area contributed by atoms with Crippen LogP contribution < -0.4 is 0 Å². The summed E-state index contributed by atoms with van der Waals surface area (Å²) < 4.78 is 6.11. The molecule has 0 atom stereocenters. The van der Waals surface area contributed by atoms with Gasteiger partial charge in [0.25, 0.3) is 0 Å². The quantitative estimate of drug-likeness (QED) is 0.634. The molecule has 0 unspecified atom stereocenters. The van der Waals surface area contributed by atoms with E-state index in [1.807, 2.05) is 13.3 Å². The van der Waals surface area contributed by atoms with Crippen molar-refractivity contribution in [2.24, 2.45) is 7.05 Å². The average molecular weight is 185 g/mol. The number of thioether (sulfide) groups is 1. The Labute approximate surface area is 72.6 Å². The fraction of sp³-hybridized carbons (Fsp3) is 0.333. The third kappa shape index (κ3) is 0.954. The second-order valence-electron chi connectivity index (χ2n) is 2.17. The van der Waals surface area contributed by atoms with E-state index in [0.717, 1.165) is 15.5 Å². The Hall–Kier alpha value is -0.550. The van der Waals surface area contributed by atoms with Crippen LogP contribution in [0.1, 0.15) is 0 Å². The summed E-state index contributed by atoms with van der Waals surface area (Å²) in [6.07, 6.45) is 3.83. The molecule has 0 radical (unpaired) electrons. The number of aromatic nitrogens is 3. The Kier molecular flexibility index (Phi) is 1.61. The Morgan fingerprint density at radius 2 is 2.45 bits per heavy atom. The zero-order chi connectivity index (χ0) is 7.84. The maximum Gasteiger partial charge on any atom is 0.169 e. The van der Waals surface area contributed by atoms with Gasteiger partial charge in [0.1, 0.15) is 10.3 Å². The second kappa shape index (κ2) is 2.49. The molecule has 0 aliphatic rings. The van der Waals surface area contributed by atoms with Crippen molar-refractivity contribution in [1.82, 2.24) is 13.9 Å². The molecule has 0 bridgehead atoms. The summed E-state index contributed by atoms with van der Waals surface area (Å²) in [5.74, 6) is 0. The van der Waals surface area contributed by atoms with Gasteiger partial charge in [-0.2, -0.15) is 4.37 Å². The second-order valence-corrected chi connectivity index (χ2v) is 3.73. The van der Waals surface area contributed by atoms with Crippen molar-refractivity contribution in [2.45, 2.75) is 5.16 Å². The highest BCUT2D eigenvalue weighted by Crippen LogP contribution is 2.22. The van der Waals surface area contributed by atoms with E-state index in [-0.39, 0.29) is 0 Å². The largest absolute Gasteiger partial charge is 0.313 e. The van der Waals surface area contributed by atoms with Gasteiger partial charge >= 0.3 is 0 Å². The van der Waals surface area contributed by atoms with Crippen LogP contribution in [0.5, 0.6) is 0 Å². The Morgan fingerprint density at radius 3 is 3.09 bits per heavy atom. The van der Waals surface area contributed by atoms with Gasteiger partial charge in [-0.05, 0) is 17.8 Å². The van der Waals surface area contributed by atoms with Crippen LogP contribution in [0.15, 0.2) is 11.4 Å². The number of fused-ring (bicyclic) bond motifs is 1. The average Bonchev–Trinajstić information content (AvgIpc) is 2.53. The fourth-order valence-electron chi connectivity index (χ4n) is 0.985. The molecule has 11 heavy (non-hydrogen) atoms. The molecule has 5 heteroatoms. The highest BCUT2D eigenvalue weighted by molar-refractivity contribution is 7.98. The summed E-state index contributed by atoms with van der Waals surface area (Å²) in [7, 11) is 2.01. The molecular weight excluding hydrogens is 178 g/mol. The standard InChI is InChI=1S/C6H7N3S2/c1-9-5-4(3-7-11-5)8-6(9)10-2/h3H,1-2H3. The minimum atomic E-state index is 1.00. The number of aryl methyl sites for hydroxylation is 1. The molecule has 58 valence electrons. The molecule has 0 aliphatic carbocycles. The van der Waals surface area contributed by atoms with Gasteiger partial charge in [0, 0.05) is 7.05 Å². The first kappa shape index (κ1) is 7.12. The van der Waals surface area contributed by atoms with Crippen LogP contribution in [0.2, 0.25) is 0 Å². The highest BCUT2D eigenvalue weighted by Gasteiger charge is 2.07.